The average molecular weight is 179 g/mol. The molecule has 72 valence electrons. The van der Waals surface area contributed by atoms with Gasteiger partial charge in [0.15, 0.2) is 6.29 Å². The summed E-state index contributed by atoms with van der Waals surface area (Å²) in [6, 6.07) is -1.04. The molecule has 6 nitrogen and oxygen atoms in total. The van der Waals surface area contributed by atoms with E-state index < -0.39 is 37.3 Å². The van der Waals surface area contributed by atoms with E-state index in [1.165, 1.54) is 0 Å². The first-order chi connectivity index (χ1) is 5.57. The summed E-state index contributed by atoms with van der Waals surface area (Å²) < 4.78 is 4.70. The van der Waals surface area contributed by atoms with Gasteiger partial charge < -0.3 is 30.9 Å². The van der Waals surface area contributed by atoms with Gasteiger partial charge >= 0.3 is 0 Å². The normalized spacial score (nSPS) is 49.2. The third-order valence-electron chi connectivity index (χ3n) is 1.95. The molecule has 1 saturated heterocycles. The maximum absolute atomic E-state index is 9.20. The maximum Gasteiger partial charge on any atom is 0.173 e. The molecule has 1 fully saturated rings. The molecule has 1 aliphatic rings. The van der Waals surface area contributed by atoms with Crippen molar-refractivity contribution >= 4 is 0 Å². The van der Waals surface area contributed by atoms with E-state index in [4.69, 9.17) is 20.7 Å². The van der Waals surface area contributed by atoms with Gasteiger partial charge in [-0.05, 0) is 0 Å². The number of hydrogen-bond acceptors (Lipinski definition) is 6. The Labute approximate surface area is 69.2 Å². The smallest absolute Gasteiger partial charge is 0.173 e. The summed E-state index contributed by atoms with van der Waals surface area (Å²) in [7, 11) is 0. The molecule has 0 spiro atoms. The lowest BCUT2D eigenvalue weighted by Crippen LogP contribution is -2.61. The molecular formula is C6H13NO5. The molecule has 3 unspecified atom stereocenters. The van der Waals surface area contributed by atoms with Gasteiger partial charge in [-0.25, -0.2) is 0 Å². The van der Waals surface area contributed by atoms with Crippen molar-refractivity contribution in [3.05, 3.63) is 0 Å². The number of ether oxygens (including phenoxy) is 1. The van der Waals surface area contributed by atoms with Crippen molar-refractivity contribution in [2.75, 3.05) is 6.61 Å². The minimum absolute atomic E-state index is 0.470. The number of hydrogen-bond donors (Lipinski definition) is 5. The van der Waals surface area contributed by atoms with Crippen molar-refractivity contribution in [2.45, 2.75) is 30.6 Å². The maximum atomic E-state index is 9.20. The zero-order chi connectivity index (χ0) is 9.30. The Bertz CT molecular complexity index is 150. The van der Waals surface area contributed by atoms with Crippen LogP contribution in [0.1, 0.15) is 0 Å². The van der Waals surface area contributed by atoms with Crippen LogP contribution in [0.15, 0.2) is 0 Å². The summed E-state index contributed by atoms with van der Waals surface area (Å²) >= 11 is 0. The highest BCUT2D eigenvalue weighted by Crippen LogP contribution is 2.17. The largest absolute Gasteiger partial charge is 0.394 e. The summed E-state index contributed by atoms with van der Waals surface area (Å²) in [6.07, 6.45) is -4.85. The third kappa shape index (κ3) is 1.58. The van der Waals surface area contributed by atoms with E-state index in [9.17, 15) is 10.2 Å². The van der Waals surface area contributed by atoms with Crippen LogP contribution in [0.4, 0.5) is 0 Å². The van der Waals surface area contributed by atoms with Crippen LogP contribution in [0.2, 0.25) is 0 Å². The van der Waals surface area contributed by atoms with E-state index in [2.05, 4.69) is 0 Å². The summed E-state index contributed by atoms with van der Waals surface area (Å²) in [6.45, 7) is -0.470. The molecular weight excluding hydrogens is 166 g/mol. The van der Waals surface area contributed by atoms with Crippen LogP contribution in [0, 0.1) is 0 Å². The molecule has 0 aromatic carbocycles. The second-order valence-electron chi connectivity index (χ2n) is 2.81. The number of nitrogens with two attached hydrogens (primary N) is 1. The predicted molar refractivity (Wildman–Crippen MR) is 38.0 cm³/mol. The molecule has 0 aromatic rings. The number of aliphatic hydroxyl groups is 4. The molecule has 1 rings (SSSR count). The summed E-state index contributed by atoms with van der Waals surface area (Å²) in [5, 5.41) is 36.1. The van der Waals surface area contributed by atoms with Gasteiger partial charge in [-0.2, -0.15) is 0 Å². The fourth-order valence-corrected chi connectivity index (χ4v) is 1.12. The summed E-state index contributed by atoms with van der Waals surface area (Å²) in [5.74, 6) is 0. The first-order valence-corrected chi connectivity index (χ1v) is 3.64. The van der Waals surface area contributed by atoms with E-state index in [-0.39, 0.29) is 0 Å². The minimum Gasteiger partial charge on any atom is -0.394 e. The van der Waals surface area contributed by atoms with Crippen LogP contribution in [-0.4, -0.2) is 57.7 Å². The molecule has 0 saturated carbocycles. The first kappa shape index (κ1) is 9.85. The minimum atomic E-state index is -1.35. The molecule has 1 heterocycles. The summed E-state index contributed by atoms with van der Waals surface area (Å²) in [5.41, 5.74) is 5.26. The van der Waals surface area contributed by atoms with Crippen molar-refractivity contribution in [3.8, 4) is 0 Å². The van der Waals surface area contributed by atoms with Crippen LogP contribution in [0.25, 0.3) is 0 Å². The molecule has 0 radical (unpaired) electrons. The van der Waals surface area contributed by atoms with Crippen molar-refractivity contribution in [3.63, 3.8) is 0 Å². The Hall–Kier alpha value is -0.240. The topological polar surface area (TPSA) is 116 Å². The van der Waals surface area contributed by atoms with Crippen molar-refractivity contribution < 1.29 is 25.2 Å². The lowest BCUT2D eigenvalue weighted by Gasteiger charge is -2.38. The van der Waals surface area contributed by atoms with Gasteiger partial charge in [-0.15, -0.1) is 0 Å². The monoisotopic (exact) mass is 179 g/mol. The molecule has 6 N–H and O–H groups in total. The highest BCUT2D eigenvalue weighted by atomic mass is 16.6. The molecule has 0 bridgehead atoms. The predicted octanol–water partition coefficient (Wildman–Crippen LogP) is -3.25. The lowest BCUT2D eigenvalue weighted by molar-refractivity contribution is -0.248. The van der Waals surface area contributed by atoms with Gasteiger partial charge in [0, 0.05) is 0 Å². The van der Waals surface area contributed by atoms with Gasteiger partial charge in [0.05, 0.1) is 12.6 Å². The Morgan fingerprint density at radius 2 is 1.75 bits per heavy atom. The van der Waals surface area contributed by atoms with E-state index in [1.807, 2.05) is 0 Å². The fraction of sp³-hybridized carbons (Fsp3) is 1.00. The summed E-state index contributed by atoms with van der Waals surface area (Å²) in [4.78, 5) is 0. The molecule has 0 aliphatic carbocycles. The van der Waals surface area contributed by atoms with Crippen LogP contribution >= 0.6 is 0 Å². The van der Waals surface area contributed by atoms with Gasteiger partial charge in [0.2, 0.25) is 0 Å². The van der Waals surface area contributed by atoms with Crippen molar-refractivity contribution in [1.82, 2.24) is 0 Å². The molecule has 6 heteroatoms. The van der Waals surface area contributed by atoms with Crippen molar-refractivity contribution in [2.24, 2.45) is 5.73 Å². The quantitative estimate of drug-likeness (QED) is 0.288. The average Bonchev–Trinajstić information content (AvgIpc) is 2.08. The van der Waals surface area contributed by atoms with Crippen LogP contribution < -0.4 is 5.73 Å². The Balaban J connectivity index is 2.63. The van der Waals surface area contributed by atoms with Crippen LogP contribution in [0.5, 0.6) is 0 Å². The number of rotatable bonds is 1. The Kier molecular flexibility index (Phi) is 2.99. The van der Waals surface area contributed by atoms with Crippen LogP contribution in [0.3, 0.4) is 0 Å². The Morgan fingerprint density at radius 1 is 1.17 bits per heavy atom. The zero-order valence-corrected chi connectivity index (χ0v) is 6.37. The van der Waals surface area contributed by atoms with Crippen LogP contribution in [-0.2, 0) is 4.74 Å². The highest BCUT2D eigenvalue weighted by molar-refractivity contribution is 4.90. The number of aliphatic hydroxyl groups excluding tert-OH is 4. The van der Waals surface area contributed by atoms with Gasteiger partial charge in [0.1, 0.15) is 18.3 Å². The van der Waals surface area contributed by atoms with Crippen molar-refractivity contribution in [1.29, 1.82) is 0 Å². The molecule has 1 aliphatic heterocycles. The highest BCUT2D eigenvalue weighted by Gasteiger charge is 2.41. The lowest BCUT2D eigenvalue weighted by atomic mass is 9.98. The molecule has 5 atom stereocenters. The second kappa shape index (κ2) is 3.65. The molecule has 12 heavy (non-hydrogen) atoms. The first-order valence-electron chi connectivity index (χ1n) is 3.64. The second-order valence-corrected chi connectivity index (χ2v) is 2.81. The van der Waals surface area contributed by atoms with E-state index >= 15 is 0 Å². The standard InChI is InChI=1S/C6H13NO5/c7-3-5(10)4(9)2(1-8)12-6(3)11/h2-6,8-11H,1,7H2/t2?,3-,4?,5-,6?/m0/s1. The fourth-order valence-electron chi connectivity index (χ4n) is 1.12. The SMILES string of the molecule is N[C@@H]1C(O)OC(CO)C(O)[C@H]1O. The third-order valence-corrected chi connectivity index (χ3v) is 1.95. The van der Waals surface area contributed by atoms with Gasteiger partial charge in [0.25, 0.3) is 0 Å². The van der Waals surface area contributed by atoms with E-state index in [0.717, 1.165) is 0 Å². The van der Waals surface area contributed by atoms with Gasteiger partial charge in [-0.3, -0.25) is 0 Å². The Morgan fingerprint density at radius 3 is 2.25 bits per heavy atom. The molecule has 0 aromatic heterocycles. The van der Waals surface area contributed by atoms with Gasteiger partial charge in [-0.1, -0.05) is 0 Å². The van der Waals surface area contributed by atoms with E-state index in [1.54, 1.807) is 0 Å². The molecule has 0 amide bonds. The zero-order valence-electron chi connectivity index (χ0n) is 6.37. The van der Waals surface area contributed by atoms with E-state index in [0.29, 0.717) is 0 Å².